The largest absolute Gasteiger partial charge is 0.497 e. The van der Waals surface area contributed by atoms with Crippen LogP contribution >= 0.6 is 15.9 Å². The lowest BCUT2D eigenvalue weighted by Gasteiger charge is -2.26. The summed E-state index contributed by atoms with van der Waals surface area (Å²) in [5.74, 6) is 1.27. The first-order valence-electron chi connectivity index (χ1n) is 6.12. The lowest BCUT2D eigenvalue weighted by atomic mass is 9.78. The molecular weight excluding hydrogens is 292 g/mol. The van der Waals surface area contributed by atoms with Gasteiger partial charge in [0.05, 0.1) is 7.11 Å². The van der Waals surface area contributed by atoms with Crippen molar-refractivity contribution in [3.8, 4) is 5.75 Å². The maximum Gasteiger partial charge on any atom is 0.164 e. The minimum atomic E-state index is 0.147. The third-order valence-corrected chi connectivity index (χ3v) is 4.10. The Labute approximate surface area is 118 Å². The zero-order chi connectivity index (χ0) is 13.9. The van der Waals surface area contributed by atoms with Crippen LogP contribution in [0.15, 0.2) is 22.7 Å². The third kappa shape index (κ3) is 3.84. The minimum absolute atomic E-state index is 0.147. The highest BCUT2D eigenvalue weighted by atomic mass is 79.9. The summed E-state index contributed by atoms with van der Waals surface area (Å²) in [6, 6.07) is 5.47. The fourth-order valence-electron chi connectivity index (χ4n) is 1.54. The van der Waals surface area contributed by atoms with Crippen LogP contribution in [-0.2, 0) is 0 Å². The number of ketones is 1. The van der Waals surface area contributed by atoms with Gasteiger partial charge < -0.3 is 4.74 Å². The van der Waals surface area contributed by atoms with Crippen molar-refractivity contribution in [3.05, 3.63) is 28.2 Å². The molecule has 0 N–H and O–H groups in total. The number of ether oxygens (including phenoxy) is 1. The first kappa shape index (κ1) is 15.2. The van der Waals surface area contributed by atoms with Crippen LogP contribution in [0.1, 0.15) is 44.5 Å². The van der Waals surface area contributed by atoms with Crippen LogP contribution in [0.2, 0.25) is 0 Å². The number of hydrogen-bond donors (Lipinski definition) is 0. The number of carbonyl (C=O) groups excluding carboxylic acids is 1. The summed E-state index contributed by atoms with van der Waals surface area (Å²) in [7, 11) is 1.62. The average molecular weight is 313 g/mol. The van der Waals surface area contributed by atoms with Crippen LogP contribution < -0.4 is 4.74 Å². The number of carbonyl (C=O) groups is 1. The Morgan fingerprint density at radius 1 is 1.39 bits per heavy atom. The first-order chi connectivity index (χ1) is 8.25. The van der Waals surface area contributed by atoms with Crippen molar-refractivity contribution in [2.45, 2.75) is 34.1 Å². The van der Waals surface area contributed by atoms with Crippen LogP contribution in [0.5, 0.6) is 5.75 Å². The molecule has 1 rings (SSSR count). The van der Waals surface area contributed by atoms with E-state index in [1.54, 1.807) is 7.11 Å². The summed E-state index contributed by atoms with van der Waals surface area (Å²) in [5.41, 5.74) is 0.876. The van der Waals surface area contributed by atoms with Crippen molar-refractivity contribution >= 4 is 21.7 Å². The Kier molecular flexibility index (Phi) is 4.97. The molecule has 0 amide bonds. The van der Waals surface area contributed by atoms with E-state index in [1.165, 1.54) is 0 Å². The highest BCUT2D eigenvalue weighted by molar-refractivity contribution is 9.10. The molecule has 100 valence electrons. The molecule has 0 heterocycles. The van der Waals surface area contributed by atoms with E-state index in [9.17, 15) is 4.79 Å². The molecule has 0 saturated heterocycles. The Morgan fingerprint density at radius 3 is 2.44 bits per heavy atom. The fraction of sp³-hybridized carbons (Fsp3) is 0.533. The highest BCUT2D eigenvalue weighted by Gasteiger charge is 2.23. The molecule has 1 atom stereocenters. The van der Waals surface area contributed by atoms with E-state index in [4.69, 9.17) is 4.74 Å². The predicted octanol–water partition coefficient (Wildman–Crippen LogP) is 4.71. The van der Waals surface area contributed by atoms with Gasteiger partial charge in [-0.05, 0) is 45.5 Å². The molecule has 0 spiro atoms. The van der Waals surface area contributed by atoms with Crippen LogP contribution in [0.4, 0.5) is 0 Å². The van der Waals surface area contributed by atoms with E-state index in [2.05, 4.69) is 43.6 Å². The molecule has 0 aromatic heterocycles. The second-order valence-electron chi connectivity index (χ2n) is 5.74. The van der Waals surface area contributed by atoms with E-state index >= 15 is 0 Å². The van der Waals surface area contributed by atoms with E-state index in [0.29, 0.717) is 12.3 Å². The summed E-state index contributed by atoms with van der Waals surface area (Å²) in [4.78, 5) is 12.3. The maximum absolute atomic E-state index is 12.3. The van der Waals surface area contributed by atoms with Gasteiger partial charge in [-0.15, -0.1) is 0 Å². The van der Waals surface area contributed by atoms with Crippen molar-refractivity contribution in [2.75, 3.05) is 7.11 Å². The molecule has 1 aromatic rings. The van der Waals surface area contributed by atoms with E-state index in [1.807, 2.05) is 18.2 Å². The number of methoxy groups -OCH3 is 1. The monoisotopic (exact) mass is 312 g/mol. The van der Waals surface area contributed by atoms with Gasteiger partial charge in [0.25, 0.3) is 0 Å². The van der Waals surface area contributed by atoms with Crippen molar-refractivity contribution in [3.63, 3.8) is 0 Å². The molecule has 1 aromatic carbocycles. The molecule has 0 aliphatic carbocycles. The topological polar surface area (TPSA) is 26.3 Å². The van der Waals surface area contributed by atoms with Gasteiger partial charge in [-0.1, -0.05) is 27.7 Å². The second kappa shape index (κ2) is 5.87. The number of halogens is 1. The summed E-state index contributed by atoms with van der Waals surface area (Å²) in [6.45, 7) is 8.60. The van der Waals surface area contributed by atoms with Crippen LogP contribution in [0.25, 0.3) is 0 Å². The molecular formula is C15H21BrO2. The standard InChI is InChI=1S/C15H21BrO2/c1-10(15(2,3)4)8-14(17)12-7-6-11(18-5)9-13(12)16/h6-7,9-10H,8H2,1-5H3. The van der Waals surface area contributed by atoms with Gasteiger partial charge in [-0.2, -0.15) is 0 Å². The lowest BCUT2D eigenvalue weighted by molar-refractivity contribution is 0.0926. The number of rotatable bonds is 4. The molecule has 0 saturated carbocycles. The van der Waals surface area contributed by atoms with Gasteiger partial charge in [0.2, 0.25) is 0 Å². The van der Waals surface area contributed by atoms with Crippen LogP contribution in [-0.4, -0.2) is 12.9 Å². The molecule has 3 heteroatoms. The van der Waals surface area contributed by atoms with E-state index < -0.39 is 0 Å². The van der Waals surface area contributed by atoms with Crippen molar-refractivity contribution in [1.82, 2.24) is 0 Å². The molecule has 2 nitrogen and oxygen atoms in total. The summed E-state index contributed by atoms with van der Waals surface area (Å²) >= 11 is 3.43. The lowest BCUT2D eigenvalue weighted by Crippen LogP contribution is -2.20. The van der Waals surface area contributed by atoms with Gasteiger partial charge in [-0.3, -0.25) is 4.79 Å². The van der Waals surface area contributed by atoms with E-state index in [0.717, 1.165) is 15.8 Å². The molecule has 0 radical (unpaired) electrons. The second-order valence-corrected chi connectivity index (χ2v) is 6.59. The normalized spacial score (nSPS) is 13.2. The van der Waals surface area contributed by atoms with Gasteiger partial charge in [-0.25, -0.2) is 0 Å². The predicted molar refractivity (Wildman–Crippen MR) is 78.3 cm³/mol. The Morgan fingerprint density at radius 2 is 2.00 bits per heavy atom. The van der Waals surface area contributed by atoms with Crippen molar-refractivity contribution in [2.24, 2.45) is 11.3 Å². The van der Waals surface area contributed by atoms with Gasteiger partial charge in [0.15, 0.2) is 5.78 Å². The van der Waals surface area contributed by atoms with Crippen molar-refractivity contribution < 1.29 is 9.53 Å². The zero-order valence-electron chi connectivity index (χ0n) is 11.7. The quantitative estimate of drug-likeness (QED) is 0.752. The Bertz CT molecular complexity index is 433. The van der Waals surface area contributed by atoms with Gasteiger partial charge in [0.1, 0.15) is 5.75 Å². The van der Waals surface area contributed by atoms with Gasteiger partial charge in [0, 0.05) is 16.5 Å². The first-order valence-corrected chi connectivity index (χ1v) is 6.91. The van der Waals surface area contributed by atoms with Crippen LogP contribution in [0.3, 0.4) is 0 Å². The molecule has 0 fully saturated rings. The van der Waals surface area contributed by atoms with Gasteiger partial charge >= 0.3 is 0 Å². The summed E-state index contributed by atoms with van der Waals surface area (Å²) < 4.78 is 5.92. The SMILES string of the molecule is COc1ccc(C(=O)CC(C)C(C)(C)C)c(Br)c1. The highest BCUT2D eigenvalue weighted by Crippen LogP contribution is 2.31. The maximum atomic E-state index is 12.3. The average Bonchev–Trinajstić information content (AvgIpc) is 2.27. The minimum Gasteiger partial charge on any atom is -0.497 e. The third-order valence-electron chi connectivity index (χ3n) is 3.45. The molecule has 18 heavy (non-hydrogen) atoms. The fourth-order valence-corrected chi connectivity index (χ4v) is 2.12. The number of hydrogen-bond acceptors (Lipinski definition) is 2. The molecule has 0 bridgehead atoms. The number of Topliss-reactive ketones (excluding diaryl/α,β-unsaturated/α-hetero) is 1. The smallest absolute Gasteiger partial charge is 0.164 e. The Balaban J connectivity index is 2.85. The molecule has 0 aliphatic rings. The summed E-state index contributed by atoms with van der Waals surface area (Å²) in [5, 5.41) is 0. The molecule has 0 aliphatic heterocycles. The Hall–Kier alpha value is -0.830. The molecule has 1 unspecified atom stereocenters. The number of benzene rings is 1. The van der Waals surface area contributed by atoms with Crippen LogP contribution in [0, 0.1) is 11.3 Å². The zero-order valence-corrected chi connectivity index (χ0v) is 13.3. The van der Waals surface area contributed by atoms with Crippen molar-refractivity contribution in [1.29, 1.82) is 0 Å². The summed E-state index contributed by atoms with van der Waals surface area (Å²) in [6.07, 6.45) is 0.564. The van der Waals surface area contributed by atoms with E-state index in [-0.39, 0.29) is 11.2 Å².